The lowest BCUT2D eigenvalue weighted by atomic mass is 10.2. The zero-order chi connectivity index (χ0) is 18.5. The molecule has 3 aromatic rings. The third-order valence-electron chi connectivity index (χ3n) is 3.74. The summed E-state index contributed by atoms with van der Waals surface area (Å²) in [6.07, 6.45) is 1.75. The smallest absolute Gasteiger partial charge is 0.205 e. The van der Waals surface area contributed by atoms with Crippen molar-refractivity contribution in [3.63, 3.8) is 0 Å². The molecule has 0 aliphatic rings. The zero-order valence-electron chi connectivity index (χ0n) is 14.6. The zero-order valence-corrected chi connectivity index (χ0v) is 17.0. The minimum atomic E-state index is 0.647. The summed E-state index contributed by atoms with van der Waals surface area (Å²) in [6.45, 7) is 0. The van der Waals surface area contributed by atoms with Crippen molar-refractivity contribution < 1.29 is 9.47 Å². The van der Waals surface area contributed by atoms with Gasteiger partial charge in [-0.3, -0.25) is 4.99 Å². The number of aromatic nitrogens is 1. The van der Waals surface area contributed by atoms with Crippen LogP contribution >= 0.6 is 27.3 Å². The fourth-order valence-corrected chi connectivity index (χ4v) is 3.75. The van der Waals surface area contributed by atoms with Gasteiger partial charge in [0, 0.05) is 28.0 Å². The molecule has 0 spiro atoms. The van der Waals surface area contributed by atoms with Crippen molar-refractivity contribution in [2.45, 2.75) is 0 Å². The Morgan fingerprint density at radius 3 is 2.62 bits per heavy atom. The SMILES string of the molecule is CN=c1scc(-c2cccc(Br)c2)n1N=Cc1cccc(OC)c1OC. The molecule has 0 aliphatic heterocycles. The first-order valence-electron chi connectivity index (χ1n) is 7.82. The molecule has 0 unspecified atom stereocenters. The van der Waals surface area contributed by atoms with E-state index in [0.717, 1.165) is 26.1 Å². The van der Waals surface area contributed by atoms with Gasteiger partial charge in [0.15, 0.2) is 11.5 Å². The molecule has 5 nitrogen and oxygen atoms in total. The molecule has 0 fully saturated rings. The van der Waals surface area contributed by atoms with E-state index in [0.29, 0.717) is 11.5 Å². The summed E-state index contributed by atoms with van der Waals surface area (Å²) in [5, 5.41) is 6.70. The maximum absolute atomic E-state index is 5.47. The largest absolute Gasteiger partial charge is 0.493 e. The molecule has 1 aromatic heterocycles. The van der Waals surface area contributed by atoms with E-state index in [1.165, 1.54) is 0 Å². The molecule has 1 heterocycles. The number of rotatable bonds is 5. The average Bonchev–Trinajstić information content (AvgIpc) is 3.08. The fourth-order valence-electron chi connectivity index (χ4n) is 2.54. The first kappa shape index (κ1) is 18.4. The van der Waals surface area contributed by atoms with Crippen molar-refractivity contribution in [2.24, 2.45) is 10.1 Å². The summed E-state index contributed by atoms with van der Waals surface area (Å²) in [4.78, 5) is 5.13. The van der Waals surface area contributed by atoms with E-state index in [1.54, 1.807) is 38.8 Å². The lowest BCUT2D eigenvalue weighted by Gasteiger charge is -2.10. The third kappa shape index (κ3) is 3.73. The Hall–Kier alpha value is -2.38. The predicted octanol–water partition coefficient (Wildman–Crippen LogP) is 4.41. The van der Waals surface area contributed by atoms with Gasteiger partial charge in [-0.1, -0.05) is 34.1 Å². The first-order valence-corrected chi connectivity index (χ1v) is 9.50. The van der Waals surface area contributed by atoms with Gasteiger partial charge in [-0.15, -0.1) is 11.3 Å². The molecule has 0 bridgehead atoms. The molecule has 0 aliphatic carbocycles. The van der Waals surface area contributed by atoms with Crippen LogP contribution in [0.4, 0.5) is 0 Å². The summed E-state index contributed by atoms with van der Waals surface area (Å²) in [7, 11) is 4.99. The number of benzene rings is 2. The van der Waals surface area contributed by atoms with E-state index in [1.807, 2.05) is 46.5 Å². The summed E-state index contributed by atoms with van der Waals surface area (Å²) in [5.41, 5.74) is 2.85. The Labute approximate surface area is 164 Å². The number of ether oxygens (including phenoxy) is 2. The number of para-hydroxylation sites is 1. The molecule has 0 radical (unpaired) electrons. The quantitative estimate of drug-likeness (QED) is 0.561. The van der Waals surface area contributed by atoms with Crippen LogP contribution < -0.4 is 14.3 Å². The molecular weight excluding hydrogens is 414 g/mol. The molecule has 26 heavy (non-hydrogen) atoms. The maximum Gasteiger partial charge on any atom is 0.205 e. The highest BCUT2D eigenvalue weighted by molar-refractivity contribution is 9.10. The highest BCUT2D eigenvalue weighted by Gasteiger charge is 2.10. The van der Waals surface area contributed by atoms with Crippen molar-refractivity contribution in [3.05, 3.63) is 62.7 Å². The van der Waals surface area contributed by atoms with Crippen molar-refractivity contribution in [3.8, 4) is 22.8 Å². The molecule has 2 aromatic carbocycles. The summed E-state index contributed by atoms with van der Waals surface area (Å²) >= 11 is 5.06. The van der Waals surface area contributed by atoms with Crippen LogP contribution in [0, 0.1) is 0 Å². The lowest BCUT2D eigenvalue weighted by Crippen LogP contribution is -2.11. The highest BCUT2D eigenvalue weighted by atomic mass is 79.9. The molecule has 3 rings (SSSR count). The van der Waals surface area contributed by atoms with Gasteiger partial charge >= 0.3 is 0 Å². The Balaban J connectivity index is 2.09. The van der Waals surface area contributed by atoms with Gasteiger partial charge in [-0.2, -0.15) is 5.10 Å². The fraction of sp³-hybridized carbons (Fsp3) is 0.158. The number of halogens is 1. The van der Waals surface area contributed by atoms with Crippen molar-refractivity contribution in [1.82, 2.24) is 4.68 Å². The summed E-state index contributed by atoms with van der Waals surface area (Å²) < 4.78 is 13.7. The van der Waals surface area contributed by atoms with Crippen LogP contribution in [0.15, 0.2) is 62.4 Å². The minimum Gasteiger partial charge on any atom is -0.493 e. The standard InChI is InChI=1S/C19H18BrN3O2S/c1-21-19-23(16(12-26-19)13-6-4-8-15(20)10-13)22-11-14-7-5-9-17(24-2)18(14)25-3/h4-12H,1-3H3. The Kier molecular flexibility index (Phi) is 5.90. The normalized spacial score (nSPS) is 11.9. The monoisotopic (exact) mass is 431 g/mol. The van der Waals surface area contributed by atoms with Gasteiger partial charge in [0.2, 0.25) is 4.80 Å². The Morgan fingerprint density at radius 2 is 1.92 bits per heavy atom. The van der Waals surface area contributed by atoms with E-state index in [9.17, 15) is 0 Å². The average molecular weight is 432 g/mol. The molecule has 134 valence electrons. The van der Waals surface area contributed by atoms with Crippen molar-refractivity contribution in [1.29, 1.82) is 0 Å². The first-order chi connectivity index (χ1) is 12.7. The van der Waals surface area contributed by atoms with Crippen LogP contribution in [0.25, 0.3) is 11.3 Å². The van der Waals surface area contributed by atoms with Crippen LogP contribution in [0.2, 0.25) is 0 Å². The number of thiazole rings is 1. The highest BCUT2D eigenvalue weighted by Crippen LogP contribution is 2.29. The summed E-state index contributed by atoms with van der Waals surface area (Å²) in [5.74, 6) is 1.31. The van der Waals surface area contributed by atoms with Crippen LogP contribution in [0.3, 0.4) is 0 Å². The predicted molar refractivity (Wildman–Crippen MR) is 109 cm³/mol. The van der Waals surface area contributed by atoms with E-state index in [4.69, 9.17) is 9.47 Å². The van der Waals surface area contributed by atoms with E-state index < -0.39 is 0 Å². The van der Waals surface area contributed by atoms with Crippen LogP contribution in [0.1, 0.15) is 5.56 Å². The second kappa shape index (κ2) is 8.33. The van der Waals surface area contributed by atoms with Crippen molar-refractivity contribution >= 4 is 33.5 Å². The van der Waals surface area contributed by atoms with E-state index in [2.05, 4.69) is 32.1 Å². The van der Waals surface area contributed by atoms with Gasteiger partial charge in [0.05, 0.1) is 26.1 Å². The Morgan fingerprint density at radius 1 is 1.12 bits per heavy atom. The molecule has 0 atom stereocenters. The van der Waals surface area contributed by atoms with Gasteiger partial charge in [-0.25, -0.2) is 4.68 Å². The number of methoxy groups -OCH3 is 2. The van der Waals surface area contributed by atoms with Crippen LogP contribution in [-0.4, -0.2) is 32.2 Å². The van der Waals surface area contributed by atoms with Gasteiger partial charge in [0.1, 0.15) is 0 Å². The number of nitrogens with zero attached hydrogens (tertiary/aromatic N) is 3. The molecule has 0 N–H and O–H groups in total. The van der Waals surface area contributed by atoms with Crippen LogP contribution in [-0.2, 0) is 0 Å². The summed E-state index contributed by atoms with van der Waals surface area (Å²) in [6, 6.07) is 13.8. The topological polar surface area (TPSA) is 48.1 Å². The van der Waals surface area contributed by atoms with Gasteiger partial charge in [-0.05, 0) is 24.3 Å². The Bertz CT molecular complexity index is 1010. The second-order valence-electron chi connectivity index (χ2n) is 5.28. The minimum absolute atomic E-state index is 0.647. The lowest BCUT2D eigenvalue weighted by molar-refractivity contribution is 0.354. The molecular formula is C19H18BrN3O2S. The van der Waals surface area contributed by atoms with E-state index >= 15 is 0 Å². The number of hydrogen-bond donors (Lipinski definition) is 0. The molecule has 7 heteroatoms. The maximum atomic E-state index is 5.47. The van der Waals surface area contributed by atoms with E-state index in [-0.39, 0.29) is 0 Å². The molecule has 0 saturated carbocycles. The molecule has 0 saturated heterocycles. The molecule has 0 amide bonds. The van der Waals surface area contributed by atoms with Crippen molar-refractivity contribution in [2.75, 3.05) is 21.3 Å². The number of hydrogen-bond acceptors (Lipinski definition) is 5. The van der Waals surface area contributed by atoms with Gasteiger partial charge < -0.3 is 9.47 Å². The van der Waals surface area contributed by atoms with Gasteiger partial charge in [0.25, 0.3) is 0 Å². The van der Waals surface area contributed by atoms with Crippen LogP contribution in [0.5, 0.6) is 11.5 Å². The third-order valence-corrected chi connectivity index (χ3v) is 5.14. The second-order valence-corrected chi connectivity index (χ2v) is 7.03.